The summed E-state index contributed by atoms with van der Waals surface area (Å²) in [6.07, 6.45) is 12.7. The minimum Gasteiger partial charge on any atom is -0.490 e. The Balaban J connectivity index is 0.000000207. The average molecular weight is 906 g/mol. The van der Waals surface area contributed by atoms with E-state index in [0.717, 1.165) is 81.9 Å². The number of Topliss-reactive ketones (excluding diaryl/α,β-unsaturated/α-hetero) is 1. The first-order chi connectivity index (χ1) is 29.6. The van der Waals surface area contributed by atoms with Crippen LogP contribution in [0.5, 0.6) is 11.5 Å². The summed E-state index contributed by atoms with van der Waals surface area (Å²) in [4.78, 5) is 35.0. The number of hydrogen-bond acceptors (Lipinski definition) is 10. The molecule has 0 aromatic heterocycles. The number of nitrogens with zero attached hydrogens (tertiary/aromatic N) is 1. The van der Waals surface area contributed by atoms with E-state index in [4.69, 9.17) is 9.47 Å². The summed E-state index contributed by atoms with van der Waals surface area (Å²) in [7, 11) is -6.46. The number of imide groups is 1. The Morgan fingerprint density at radius 1 is 0.726 bits per heavy atom. The van der Waals surface area contributed by atoms with E-state index in [1.807, 2.05) is 0 Å². The van der Waals surface area contributed by atoms with Crippen molar-refractivity contribution < 1.29 is 49.5 Å². The van der Waals surface area contributed by atoms with Gasteiger partial charge in [-0.1, -0.05) is 25.0 Å². The van der Waals surface area contributed by atoms with Crippen molar-refractivity contribution in [2.24, 2.45) is 23.7 Å². The van der Waals surface area contributed by atoms with Crippen molar-refractivity contribution in [1.29, 1.82) is 0 Å². The zero-order chi connectivity index (χ0) is 44.3. The van der Waals surface area contributed by atoms with Crippen LogP contribution >= 0.6 is 0 Å². The number of urea groups is 1. The minimum absolute atomic E-state index is 0.0639. The lowest BCUT2D eigenvalue weighted by Crippen LogP contribution is -2.29. The Kier molecular flexibility index (Phi) is 17.2. The molecule has 16 heteroatoms. The van der Waals surface area contributed by atoms with Gasteiger partial charge in [0.15, 0.2) is 42.8 Å². The maximum Gasteiger partial charge on any atom is 0.324 e. The molecule has 5 aliphatic rings. The Bertz CT molecular complexity index is 2070. The van der Waals surface area contributed by atoms with E-state index in [1.165, 1.54) is 17.0 Å². The number of benzene rings is 2. The second kappa shape index (κ2) is 22.3. The third kappa shape index (κ3) is 16.5. The van der Waals surface area contributed by atoms with Gasteiger partial charge in [-0.15, -0.1) is 0 Å². The maximum atomic E-state index is 14.2. The van der Waals surface area contributed by atoms with E-state index >= 15 is 0 Å². The van der Waals surface area contributed by atoms with Crippen LogP contribution in [0.15, 0.2) is 36.4 Å². The zero-order valence-corrected chi connectivity index (χ0v) is 37.7. The van der Waals surface area contributed by atoms with Crippen LogP contribution in [0.2, 0.25) is 0 Å². The fourth-order valence-electron chi connectivity index (χ4n) is 7.90. The van der Waals surface area contributed by atoms with E-state index in [9.17, 15) is 40.0 Å². The van der Waals surface area contributed by atoms with E-state index in [1.54, 1.807) is 31.2 Å². The van der Waals surface area contributed by atoms with Gasteiger partial charge in [0.25, 0.3) is 0 Å². The van der Waals surface area contributed by atoms with Gasteiger partial charge in [-0.25, -0.2) is 30.4 Å². The summed E-state index contributed by atoms with van der Waals surface area (Å²) in [5.74, 6) is 1.44. The van der Waals surface area contributed by atoms with Crippen LogP contribution in [-0.2, 0) is 29.3 Å². The number of ether oxygens (including phenoxy) is 2. The van der Waals surface area contributed by atoms with Gasteiger partial charge in [0.1, 0.15) is 12.3 Å². The third-order valence-electron chi connectivity index (χ3n) is 12.3. The van der Waals surface area contributed by atoms with E-state index in [0.29, 0.717) is 75.7 Å². The fraction of sp³-hybridized carbons (Fsp3) is 0.674. The Labute approximate surface area is 366 Å². The third-order valence-corrected chi connectivity index (χ3v) is 15.8. The molecule has 0 bridgehead atoms. The quantitative estimate of drug-likeness (QED) is 0.0664. The number of carbonyl (C=O) groups is 3. The molecule has 3 amide bonds. The number of carbonyl (C=O) groups excluding carboxylic acids is 3. The SMILES string of the molecule is CC(=O)CNCCCCCS(=O)(=O)CC(c1ccc(F)c(OCC2CC2)c1)C1CC1.O=C1CN(CCCCCS(=O)(=O)CC(c2ccc(F)c(OCC3CC3)c2)C2CC2)C(=O)N1. The largest absolute Gasteiger partial charge is 0.490 e. The summed E-state index contributed by atoms with van der Waals surface area (Å²) in [6, 6.07) is 9.25. The molecule has 5 fully saturated rings. The van der Waals surface area contributed by atoms with Gasteiger partial charge in [-0.3, -0.25) is 14.9 Å². The number of amides is 3. The highest BCUT2D eigenvalue weighted by atomic mass is 32.2. The van der Waals surface area contributed by atoms with Gasteiger partial charge < -0.3 is 19.7 Å². The number of sulfone groups is 2. The van der Waals surface area contributed by atoms with Crippen LogP contribution in [-0.4, -0.2) is 102 Å². The minimum atomic E-state index is -3.27. The van der Waals surface area contributed by atoms with Crippen LogP contribution in [0.1, 0.15) is 120 Å². The monoisotopic (exact) mass is 905 g/mol. The lowest BCUT2D eigenvalue weighted by atomic mass is 9.96. The second-order valence-corrected chi connectivity index (χ2v) is 22.7. The molecular formula is C46H65F2N3O9S2. The summed E-state index contributed by atoms with van der Waals surface area (Å²) in [5, 5.41) is 5.28. The fourth-order valence-corrected chi connectivity index (χ4v) is 11.5. The highest BCUT2D eigenvalue weighted by molar-refractivity contribution is 7.91. The zero-order valence-electron chi connectivity index (χ0n) is 36.1. The highest BCUT2D eigenvalue weighted by Gasteiger charge is 2.37. The smallest absolute Gasteiger partial charge is 0.324 e. The molecule has 1 aliphatic heterocycles. The molecule has 2 aromatic carbocycles. The molecule has 2 unspecified atom stereocenters. The average Bonchev–Trinajstić information content (AvgIpc) is 4.03. The summed E-state index contributed by atoms with van der Waals surface area (Å²) >= 11 is 0. The molecule has 0 spiro atoms. The van der Waals surface area contributed by atoms with Gasteiger partial charge in [0, 0.05) is 18.4 Å². The summed E-state index contributed by atoms with van der Waals surface area (Å²) < 4.78 is 90.7. The second-order valence-electron chi connectivity index (χ2n) is 18.3. The van der Waals surface area contributed by atoms with Crippen molar-refractivity contribution in [1.82, 2.24) is 15.5 Å². The Morgan fingerprint density at radius 3 is 1.63 bits per heavy atom. The summed E-state index contributed by atoms with van der Waals surface area (Å²) in [6.45, 7) is 4.20. The van der Waals surface area contributed by atoms with Gasteiger partial charge in [-0.05, 0) is 150 Å². The number of ketones is 1. The van der Waals surface area contributed by atoms with Crippen molar-refractivity contribution in [3.8, 4) is 11.5 Å². The van der Waals surface area contributed by atoms with Crippen molar-refractivity contribution in [3.05, 3.63) is 59.2 Å². The van der Waals surface area contributed by atoms with Gasteiger partial charge in [-0.2, -0.15) is 0 Å². The van der Waals surface area contributed by atoms with Crippen LogP contribution < -0.4 is 20.1 Å². The van der Waals surface area contributed by atoms with Crippen molar-refractivity contribution >= 4 is 37.4 Å². The standard InChI is InChI=1S/C23H31FN2O5S.C23H34FNO4S/c24-20-9-8-18(12-21(20)31-14-16-4-5-16)19(17-6-7-17)15-32(29,30)11-3-1-2-10-26-13-22(27)25-23(26)28;1-17(26)14-25-11-3-2-4-12-30(27,28)16-21(19-7-8-19)20-9-10-22(24)23(13-20)29-15-18-5-6-18/h8-9,12,16-17,19H,1-7,10-11,13-15H2,(H,25,27,28);9-10,13,18-19,21,25H,2-8,11-12,14-16H2,1H3. The molecule has 12 nitrogen and oxygen atoms in total. The molecule has 7 rings (SSSR count). The molecule has 2 N–H and O–H groups in total. The van der Waals surface area contributed by atoms with Crippen LogP contribution in [0.3, 0.4) is 0 Å². The molecule has 344 valence electrons. The van der Waals surface area contributed by atoms with E-state index in [-0.39, 0.29) is 76.4 Å². The van der Waals surface area contributed by atoms with Gasteiger partial charge >= 0.3 is 6.03 Å². The predicted octanol–water partition coefficient (Wildman–Crippen LogP) is 7.12. The topological polar surface area (TPSA) is 165 Å². The first kappa shape index (κ1) is 47.8. The van der Waals surface area contributed by atoms with Crippen LogP contribution in [0, 0.1) is 35.3 Å². The first-order valence-electron chi connectivity index (χ1n) is 22.7. The predicted molar refractivity (Wildman–Crippen MR) is 234 cm³/mol. The number of unbranched alkanes of at least 4 members (excludes halogenated alkanes) is 4. The molecule has 0 radical (unpaired) electrons. The Hall–Kier alpha value is -3.63. The number of rotatable bonds is 28. The van der Waals surface area contributed by atoms with Gasteiger partial charge in [0.2, 0.25) is 5.91 Å². The first-order valence-corrected chi connectivity index (χ1v) is 26.3. The molecule has 62 heavy (non-hydrogen) atoms. The molecule has 1 saturated heterocycles. The lowest BCUT2D eigenvalue weighted by Gasteiger charge is -2.19. The number of halogens is 2. The number of hydrogen-bond donors (Lipinski definition) is 2. The van der Waals surface area contributed by atoms with Crippen molar-refractivity contribution in [2.45, 2.75) is 109 Å². The molecule has 4 saturated carbocycles. The van der Waals surface area contributed by atoms with Gasteiger partial charge in [0.05, 0.1) is 42.8 Å². The van der Waals surface area contributed by atoms with E-state index < -0.39 is 25.5 Å². The molecule has 4 aliphatic carbocycles. The highest BCUT2D eigenvalue weighted by Crippen LogP contribution is 2.46. The van der Waals surface area contributed by atoms with E-state index in [2.05, 4.69) is 10.6 Å². The maximum absolute atomic E-state index is 14.2. The molecule has 1 heterocycles. The lowest BCUT2D eigenvalue weighted by molar-refractivity contribution is -0.118. The normalized spacial score (nSPS) is 18.8. The summed E-state index contributed by atoms with van der Waals surface area (Å²) in [5.41, 5.74) is 1.72. The molecular weight excluding hydrogens is 841 g/mol. The van der Waals surface area contributed by atoms with Crippen LogP contribution in [0.25, 0.3) is 0 Å². The molecule has 2 atom stereocenters. The van der Waals surface area contributed by atoms with Crippen molar-refractivity contribution in [3.63, 3.8) is 0 Å². The van der Waals surface area contributed by atoms with Crippen molar-refractivity contribution in [2.75, 3.05) is 62.4 Å². The Morgan fingerprint density at radius 2 is 1.21 bits per heavy atom. The van der Waals surface area contributed by atoms with Crippen LogP contribution in [0.4, 0.5) is 13.6 Å². The molecule has 2 aromatic rings. The number of nitrogens with one attached hydrogen (secondary N) is 2.